The van der Waals surface area contributed by atoms with Crippen LogP contribution < -0.4 is 5.73 Å². The average molecular weight is 247 g/mol. The number of benzene rings is 2. The van der Waals surface area contributed by atoms with Crippen LogP contribution in [0.1, 0.15) is 28.3 Å². The number of nitrogens with two attached hydrogens (primary N) is 1. The lowest BCUT2D eigenvalue weighted by Gasteiger charge is -2.18. The summed E-state index contributed by atoms with van der Waals surface area (Å²) >= 11 is 0. The van der Waals surface area contributed by atoms with E-state index in [0.717, 1.165) is 28.8 Å². The molecule has 0 spiro atoms. The standard InChI is InChI=1S/C15H15F2N/c1-9-4-3-5-10(2)14(9)15(18)11-6-7-12(16)13(17)8-11/h3-8,15H,18H2,1-2H3. The van der Waals surface area contributed by atoms with Gasteiger partial charge in [-0.15, -0.1) is 0 Å². The van der Waals surface area contributed by atoms with Crippen molar-refractivity contribution in [1.29, 1.82) is 0 Å². The van der Waals surface area contributed by atoms with Crippen molar-refractivity contribution in [1.82, 2.24) is 0 Å². The lowest BCUT2D eigenvalue weighted by atomic mass is 9.92. The number of hydrogen-bond acceptors (Lipinski definition) is 1. The van der Waals surface area contributed by atoms with Gasteiger partial charge in [-0.1, -0.05) is 24.3 Å². The fourth-order valence-corrected chi connectivity index (χ4v) is 2.19. The molecular formula is C15H15F2N. The van der Waals surface area contributed by atoms with E-state index in [4.69, 9.17) is 5.73 Å². The van der Waals surface area contributed by atoms with Crippen molar-refractivity contribution < 1.29 is 8.78 Å². The first kappa shape index (κ1) is 12.7. The van der Waals surface area contributed by atoms with Gasteiger partial charge in [0, 0.05) is 0 Å². The maximum atomic E-state index is 13.2. The van der Waals surface area contributed by atoms with Crippen LogP contribution in [0.4, 0.5) is 8.78 Å². The maximum Gasteiger partial charge on any atom is 0.159 e. The molecule has 0 saturated heterocycles. The second-order valence-corrected chi connectivity index (χ2v) is 4.46. The summed E-state index contributed by atoms with van der Waals surface area (Å²) < 4.78 is 26.1. The van der Waals surface area contributed by atoms with E-state index in [0.29, 0.717) is 5.56 Å². The van der Waals surface area contributed by atoms with Crippen LogP contribution in [0.25, 0.3) is 0 Å². The minimum Gasteiger partial charge on any atom is -0.320 e. The molecule has 2 N–H and O–H groups in total. The quantitative estimate of drug-likeness (QED) is 0.861. The highest BCUT2D eigenvalue weighted by atomic mass is 19.2. The number of aryl methyl sites for hydroxylation is 2. The number of hydrogen-bond donors (Lipinski definition) is 1. The molecule has 94 valence electrons. The van der Waals surface area contributed by atoms with Crippen LogP contribution in [-0.4, -0.2) is 0 Å². The molecule has 1 nitrogen and oxygen atoms in total. The van der Waals surface area contributed by atoms with E-state index in [1.807, 2.05) is 32.0 Å². The molecule has 0 aliphatic rings. The second-order valence-electron chi connectivity index (χ2n) is 4.46. The molecule has 1 atom stereocenters. The summed E-state index contributed by atoms with van der Waals surface area (Å²) in [7, 11) is 0. The fourth-order valence-electron chi connectivity index (χ4n) is 2.19. The second kappa shape index (κ2) is 4.86. The summed E-state index contributed by atoms with van der Waals surface area (Å²) in [6.07, 6.45) is 0. The summed E-state index contributed by atoms with van der Waals surface area (Å²) in [6, 6.07) is 9.22. The Morgan fingerprint density at radius 2 is 1.56 bits per heavy atom. The van der Waals surface area contributed by atoms with Crippen molar-refractivity contribution in [3.05, 3.63) is 70.3 Å². The normalized spacial score (nSPS) is 12.5. The van der Waals surface area contributed by atoms with Crippen LogP contribution in [0.5, 0.6) is 0 Å². The Hall–Kier alpha value is -1.74. The first-order chi connectivity index (χ1) is 8.50. The first-order valence-corrected chi connectivity index (χ1v) is 5.77. The SMILES string of the molecule is Cc1cccc(C)c1C(N)c1ccc(F)c(F)c1. The topological polar surface area (TPSA) is 26.0 Å². The Bertz CT molecular complexity index is 558. The van der Waals surface area contributed by atoms with Crippen molar-refractivity contribution in [2.75, 3.05) is 0 Å². The summed E-state index contributed by atoms with van der Waals surface area (Å²) in [4.78, 5) is 0. The number of rotatable bonds is 2. The molecule has 1 unspecified atom stereocenters. The molecule has 0 bridgehead atoms. The van der Waals surface area contributed by atoms with Crippen molar-refractivity contribution >= 4 is 0 Å². The van der Waals surface area contributed by atoms with Gasteiger partial charge in [0.25, 0.3) is 0 Å². The van der Waals surface area contributed by atoms with Gasteiger partial charge in [0.05, 0.1) is 6.04 Å². The van der Waals surface area contributed by atoms with Crippen molar-refractivity contribution in [3.63, 3.8) is 0 Å². The van der Waals surface area contributed by atoms with Crippen molar-refractivity contribution in [2.45, 2.75) is 19.9 Å². The van der Waals surface area contributed by atoms with Gasteiger partial charge in [0.15, 0.2) is 11.6 Å². The Kier molecular flexibility index (Phi) is 3.43. The zero-order chi connectivity index (χ0) is 13.3. The van der Waals surface area contributed by atoms with Gasteiger partial charge < -0.3 is 5.73 Å². The third-order valence-electron chi connectivity index (χ3n) is 3.16. The summed E-state index contributed by atoms with van der Waals surface area (Å²) in [5, 5.41) is 0. The van der Waals surface area contributed by atoms with Crippen LogP contribution in [0.3, 0.4) is 0 Å². The van der Waals surface area contributed by atoms with E-state index >= 15 is 0 Å². The zero-order valence-electron chi connectivity index (χ0n) is 10.4. The van der Waals surface area contributed by atoms with Crippen molar-refractivity contribution in [2.24, 2.45) is 5.73 Å². The third-order valence-corrected chi connectivity index (χ3v) is 3.16. The number of halogens is 2. The molecule has 2 aromatic rings. The predicted molar refractivity (Wildman–Crippen MR) is 68.3 cm³/mol. The van der Waals surface area contributed by atoms with Crippen LogP contribution in [0.15, 0.2) is 36.4 Å². The van der Waals surface area contributed by atoms with E-state index in [9.17, 15) is 8.78 Å². The molecule has 3 heteroatoms. The maximum absolute atomic E-state index is 13.2. The monoisotopic (exact) mass is 247 g/mol. The van der Waals surface area contributed by atoms with Crippen LogP contribution in [0.2, 0.25) is 0 Å². The molecular weight excluding hydrogens is 232 g/mol. The molecule has 18 heavy (non-hydrogen) atoms. The Morgan fingerprint density at radius 3 is 2.11 bits per heavy atom. The zero-order valence-corrected chi connectivity index (χ0v) is 10.4. The molecule has 0 aliphatic carbocycles. The highest BCUT2D eigenvalue weighted by Gasteiger charge is 2.15. The summed E-state index contributed by atoms with van der Waals surface area (Å²) in [5.74, 6) is -1.72. The Morgan fingerprint density at radius 1 is 0.944 bits per heavy atom. The van der Waals surface area contributed by atoms with Crippen molar-refractivity contribution in [3.8, 4) is 0 Å². The third kappa shape index (κ3) is 2.27. The fraction of sp³-hybridized carbons (Fsp3) is 0.200. The Balaban J connectivity index is 2.48. The molecule has 0 aromatic heterocycles. The Labute approximate surface area is 105 Å². The average Bonchev–Trinajstić information content (AvgIpc) is 2.32. The lowest BCUT2D eigenvalue weighted by Crippen LogP contribution is -2.15. The van der Waals surface area contributed by atoms with Crippen LogP contribution >= 0.6 is 0 Å². The molecule has 0 radical (unpaired) electrons. The predicted octanol–water partition coefficient (Wildman–Crippen LogP) is 3.63. The van der Waals surface area contributed by atoms with Gasteiger partial charge in [-0.05, 0) is 48.2 Å². The van der Waals surface area contributed by atoms with Crippen LogP contribution in [-0.2, 0) is 0 Å². The molecule has 2 rings (SSSR count). The molecule has 0 amide bonds. The highest BCUT2D eigenvalue weighted by Crippen LogP contribution is 2.26. The van der Waals surface area contributed by atoms with E-state index in [1.54, 1.807) is 0 Å². The first-order valence-electron chi connectivity index (χ1n) is 5.77. The lowest BCUT2D eigenvalue weighted by molar-refractivity contribution is 0.506. The minimum absolute atomic E-state index is 0.443. The molecule has 0 fully saturated rings. The largest absolute Gasteiger partial charge is 0.320 e. The van der Waals surface area contributed by atoms with Gasteiger partial charge in [-0.3, -0.25) is 0 Å². The molecule has 0 aliphatic heterocycles. The van der Waals surface area contributed by atoms with E-state index in [-0.39, 0.29) is 0 Å². The van der Waals surface area contributed by atoms with E-state index in [1.165, 1.54) is 6.07 Å². The molecule has 2 aromatic carbocycles. The van der Waals surface area contributed by atoms with Gasteiger partial charge >= 0.3 is 0 Å². The van der Waals surface area contributed by atoms with Gasteiger partial charge in [-0.2, -0.15) is 0 Å². The van der Waals surface area contributed by atoms with E-state index in [2.05, 4.69) is 0 Å². The highest BCUT2D eigenvalue weighted by molar-refractivity contribution is 5.41. The van der Waals surface area contributed by atoms with Crippen LogP contribution in [0, 0.1) is 25.5 Å². The summed E-state index contributed by atoms with van der Waals surface area (Å²) in [5.41, 5.74) is 9.78. The smallest absolute Gasteiger partial charge is 0.159 e. The van der Waals surface area contributed by atoms with Gasteiger partial charge in [-0.25, -0.2) is 8.78 Å². The minimum atomic E-state index is -0.866. The summed E-state index contributed by atoms with van der Waals surface area (Å²) in [6.45, 7) is 3.92. The van der Waals surface area contributed by atoms with Gasteiger partial charge in [0.2, 0.25) is 0 Å². The molecule has 0 heterocycles. The molecule has 0 saturated carbocycles. The van der Waals surface area contributed by atoms with Gasteiger partial charge in [0.1, 0.15) is 0 Å². The van der Waals surface area contributed by atoms with E-state index < -0.39 is 17.7 Å².